The minimum Gasteiger partial charge on any atom is -0.497 e. The predicted molar refractivity (Wildman–Crippen MR) is 80.5 cm³/mol. The molecule has 1 heterocycles. The van der Waals surface area contributed by atoms with Gasteiger partial charge in [0.2, 0.25) is 0 Å². The number of nitrogens with zero attached hydrogens (tertiary/aromatic N) is 2. The van der Waals surface area contributed by atoms with Crippen LogP contribution in [0.2, 0.25) is 5.15 Å². The molecule has 4 nitrogen and oxygen atoms in total. The van der Waals surface area contributed by atoms with Gasteiger partial charge in [-0.25, -0.2) is 9.97 Å². The SMILES string of the molecule is COc1ccc(Br)c(Nc2nc(C)nc(Cl)c2C)c1. The van der Waals surface area contributed by atoms with Gasteiger partial charge in [0.1, 0.15) is 22.5 Å². The number of benzene rings is 1. The molecule has 0 radical (unpaired) electrons. The smallest absolute Gasteiger partial charge is 0.138 e. The molecule has 0 bridgehead atoms. The first-order valence-corrected chi connectivity index (χ1v) is 6.79. The highest BCUT2D eigenvalue weighted by Gasteiger charge is 2.10. The summed E-state index contributed by atoms with van der Waals surface area (Å²) in [5.74, 6) is 2.07. The van der Waals surface area contributed by atoms with Gasteiger partial charge < -0.3 is 10.1 Å². The van der Waals surface area contributed by atoms with Crippen molar-refractivity contribution in [2.24, 2.45) is 0 Å². The van der Waals surface area contributed by atoms with E-state index in [0.29, 0.717) is 16.8 Å². The minimum atomic E-state index is 0.453. The Labute approximate surface area is 125 Å². The highest BCUT2D eigenvalue weighted by Crippen LogP contribution is 2.31. The number of rotatable bonds is 3. The van der Waals surface area contributed by atoms with Crippen molar-refractivity contribution in [3.63, 3.8) is 0 Å². The number of halogens is 2. The van der Waals surface area contributed by atoms with Crippen LogP contribution in [0.5, 0.6) is 5.75 Å². The molecule has 0 unspecified atom stereocenters. The van der Waals surface area contributed by atoms with Crippen molar-refractivity contribution >= 4 is 39.0 Å². The first-order valence-electron chi connectivity index (χ1n) is 5.62. The standard InChI is InChI=1S/C13H13BrClN3O/c1-7-12(15)16-8(2)17-13(7)18-11-6-9(19-3)4-5-10(11)14/h4-6H,1-3H3,(H,16,17,18). The van der Waals surface area contributed by atoms with Gasteiger partial charge in [-0.3, -0.25) is 0 Å². The molecule has 0 spiro atoms. The van der Waals surface area contributed by atoms with Crippen LogP contribution in [0.25, 0.3) is 0 Å². The van der Waals surface area contributed by atoms with Crippen LogP contribution in [0.15, 0.2) is 22.7 Å². The topological polar surface area (TPSA) is 47.0 Å². The number of methoxy groups -OCH3 is 1. The molecule has 1 N–H and O–H groups in total. The molecule has 19 heavy (non-hydrogen) atoms. The van der Waals surface area contributed by atoms with Crippen LogP contribution in [0, 0.1) is 13.8 Å². The van der Waals surface area contributed by atoms with Gasteiger partial charge in [0.15, 0.2) is 0 Å². The second-order valence-corrected chi connectivity index (χ2v) is 5.22. The van der Waals surface area contributed by atoms with Crippen LogP contribution in [0.3, 0.4) is 0 Å². The molecule has 1 aromatic heterocycles. The Morgan fingerprint density at radius 1 is 1.26 bits per heavy atom. The molecule has 0 saturated heterocycles. The monoisotopic (exact) mass is 341 g/mol. The molecule has 0 atom stereocenters. The lowest BCUT2D eigenvalue weighted by Crippen LogP contribution is -2.02. The van der Waals surface area contributed by atoms with Crippen molar-refractivity contribution in [3.05, 3.63) is 39.2 Å². The van der Waals surface area contributed by atoms with Crippen LogP contribution in [0.1, 0.15) is 11.4 Å². The Hall–Kier alpha value is -1.33. The molecule has 0 aliphatic rings. The van der Waals surface area contributed by atoms with Gasteiger partial charge >= 0.3 is 0 Å². The molecule has 100 valence electrons. The maximum Gasteiger partial charge on any atom is 0.138 e. The van der Waals surface area contributed by atoms with Gasteiger partial charge in [-0.15, -0.1) is 0 Å². The quantitative estimate of drug-likeness (QED) is 0.847. The largest absolute Gasteiger partial charge is 0.497 e. The maximum absolute atomic E-state index is 6.06. The number of hydrogen-bond donors (Lipinski definition) is 1. The summed E-state index contributed by atoms with van der Waals surface area (Å²) < 4.78 is 6.12. The lowest BCUT2D eigenvalue weighted by molar-refractivity contribution is 0.415. The summed E-state index contributed by atoms with van der Waals surface area (Å²) in [5, 5.41) is 3.69. The third kappa shape index (κ3) is 3.16. The summed E-state index contributed by atoms with van der Waals surface area (Å²) >= 11 is 9.54. The van der Waals surface area contributed by atoms with E-state index in [-0.39, 0.29) is 0 Å². The fourth-order valence-corrected chi connectivity index (χ4v) is 2.13. The average Bonchev–Trinajstić information content (AvgIpc) is 2.38. The Morgan fingerprint density at radius 2 is 2.00 bits per heavy atom. The zero-order chi connectivity index (χ0) is 14.0. The summed E-state index contributed by atoms with van der Waals surface area (Å²) in [6, 6.07) is 5.67. The lowest BCUT2D eigenvalue weighted by atomic mass is 10.2. The Morgan fingerprint density at radius 3 is 2.68 bits per heavy atom. The molecular formula is C13H13BrClN3O. The van der Waals surface area contributed by atoms with Crippen LogP contribution in [0.4, 0.5) is 11.5 Å². The van der Waals surface area contributed by atoms with E-state index in [2.05, 4.69) is 31.2 Å². The predicted octanol–water partition coefficient (Wildman–Crippen LogP) is 4.26. The number of aromatic nitrogens is 2. The van der Waals surface area contributed by atoms with E-state index < -0.39 is 0 Å². The van der Waals surface area contributed by atoms with Crippen LogP contribution >= 0.6 is 27.5 Å². The lowest BCUT2D eigenvalue weighted by Gasteiger charge is -2.12. The van der Waals surface area contributed by atoms with Crippen LogP contribution in [-0.4, -0.2) is 17.1 Å². The Bertz CT molecular complexity index is 619. The van der Waals surface area contributed by atoms with Gasteiger partial charge in [0.25, 0.3) is 0 Å². The first kappa shape index (κ1) is 14.1. The highest BCUT2D eigenvalue weighted by atomic mass is 79.9. The summed E-state index contributed by atoms with van der Waals surface area (Å²) in [7, 11) is 1.63. The first-order chi connectivity index (χ1) is 9.01. The van der Waals surface area contributed by atoms with Gasteiger partial charge in [-0.1, -0.05) is 11.6 Å². The maximum atomic E-state index is 6.06. The third-order valence-electron chi connectivity index (χ3n) is 2.62. The second-order valence-electron chi connectivity index (χ2n) is 4.01. The summed E-state index contributed by atoms with van der Waals surface area (Å²) in [6.45, 7) is 3.68. The fourth-order valence-electron chi connectivity index (χ4n) is 1.57. The summed E-state index contributed by atoms with van der Waals surface area (Å²) in [6.07, 6.45) is 0. The van der Waals surface area contributed by atoms with Crippen molar-refractivity contribution in [1.82, 2.24) is 9.97 Å². The molecule has 0 aliphatic carbocycles. The molecule has 0 aliphatic heterocycles. The highest BCUT2D eigenvalue weighted by molar-refractivity contribution is 9.10. The molecule has 0 fully saturated rings. The van der Waals surface area contributed by atoms with Crippen LogP contribution in [-0.2, 0) is 0 Å². The number of aryl methyl sites for hydroxylation is 1. The minimum absolute atomic E-state index is 0.453. The van der Waals surface area contributed by atoms with E-state index in [1.54, 1.807) is 14.0 Å². The molecular weight excluding hydrogens is 330 g/mol. The third-order valence-corrected chi connectivity index (χ3v) is 3.68. The van der Waals surface area contributed by atoms with Gasteiger partial charge in [0, 0.05) is 16.1 Å². The van der Waals surface area contributed by atoms with E-state index in [1.807, 2.05) is 25.1 Å². The molecule has 0 saturated carbocycles. The number of ether oxygens (including phenoxy) is 1. The average molecular weight is 343 g/mol. The summed E-state index contributed by atoms with van der Waals surface area (Å²) in [4.78, 5) is 8.47. The molecule has 2 rings (SSSR count). The van der Waals surface area contributed by atoms with E-state index in [9.17, 15) is 0 Å². The molecule has 2 aromatic rings. The van der Waals surface area contributed by atoms with Gasteiger partial charge in [0.05, 0.1) is 12.8 Å². The molecule has 1 aromatic carbocycles. The zero-order valence-corrected chi connectivity index (χ0v) is 13.1. The molecule has 0 amide bonds. The Balaban J connectivity index is 2.41. The van der Waals surface area contributed by atoms with E-state index in [4.69, 9.17) is 16.3 Å². The van der Waals surface area contributed by atoms with Crippen molar-refractivity contribution in [3.8, 4) is 5.75 Å². The van der Waals surface area contributed by atoms with E-state index in [0.717, 1.165) is 21.5 Å². The van der Waals surface area contributed by atoms with E-state index in [1.165, 1.54) is 0 Å². The van der Waals surface area contributed by atoms with Crippen LogP contribution < -0.4 is 10.1 Å². The van der Waals surface area contributed by atoms with Gasteiger partial charge in [-0.05, 0) is 41.9 Å². The zero-order valence-electron chi connectivity index (χ0n) is 10.8. The van der Waals surface area contributed by atoms with E-state index >= 15 is 0 Å². The number of nitrogens with one attached hydrogen (secondary N) is 1. The van der Waals surface area contributed by atoms with Crippen molar-refractivity contribution in [2.75, 3.05) is 12.4 Å². The van der Waals surface area contributed by atoms with Crippen molar-refractivity contribution < 1.29 is 4.74 Å². The van der Waals surface area contributed by atoms with Gasteiger partial charge in [-0.2, -0.15) is 0 Å². The number of hydrogen-bond acceptors (Lipinski definition) is 4. The van der Waals surface area contributed by atoms with Crippen molar-refractivity contribution in [2.45, 2.75) is 13.8 Å². The fraction of sp³-hybridized carbons (Fsp3) is 0.231. The Kier molecular flexibility index (Phi) is 4.27. The second kappa shape index (κ2) is 5.75. The summed E-state index contributed by atoms with van der Waals surface area (Å²) in [5.41, 5.74) is 1.67. The normalized spacial score (nSPS) is 10.4. The number of anilines is 2. The molecule has 6 heteroatoms. The van der Waals surface area contributed by atoms with Crippen molar-refractivity contribution in [1.29, 1.82) is 0 Å².